The third-order valence-corrected chi connectivity index (χ3v) is 3.38. The molecule has 1 aliphatic heterocycles. The first-order valence-corrected chi connectivity index (χ1v) is 6.17. The second-order valence-corrected chi connectivity index (χ2v) is 4.76. The third kappa shape index (κ3) is 2.76. The third-order valence-electron chi connectivity index (χ3n) is 3.14. The lowest BCUT2D eigenvalue weighted by Crippen LogP contribution is -2.28. The van der Waals surface area contributed by atoms with Crippen LogP contribution in [0.25, 0.3) is 0 Å². The fraction of sp³-hybridized carbons (Fsp3) is 0.538. The van der Waals surface area contributed by atoms with Gasteiger partial charge < -0.3 is 10.1 Å². The minimum absolute atomic E-state index is 0.581. The van der Waals surface area contributed by atoms with Crippen LogP contribution in [0.1, 0.15) is 29.9 Å². The highest BCUT2D eigenvalue weighted by Crippen LogP contribution is 2.29. The van der Waals surface area contributed by atoms with Crippen molar-refractivity contribution in [2.24, 2.45) is 0 Å². The number of rotatable bonds is 3. The Hall–Kier alpha value is -0.570. The van der Waals surface area contributed by atoms with Crippen LogP contribution < -0.4 is 5.32 Å². The van der Waals surface area contributed by atoms with Gasteiger partial charge in [-0.15, -0.1) is 0 Å². The van der Waals surface area contributed by atoms with E-state index in [4.69, 9.17) is 16.3 Å². The summed E-state index contributed by atoms with van der Waals surface area (Å²) in [5.41, 5.74) is 2.61. The van der Waals surface area contributed by atoms with Gasteiger partial charge in [-0.05, 0) is 48.6 Å². The van der Waals surface area contributed by atoms with Crippen molar-refractivity contribution in [3.63, 3.8) is 0 Å². The Morgan fingerprint density at radius 2 is 2.38 bits per heavy atom. The van der Waals surface area contributed by atoms with E-state index >= 15 is 0 Å². The SMILES string of the molecule is COCc1ccc(Cl)cc1C1CCCNC1. The van der Waals surface area contributed by atoms with Crippen LogP contribution in [0, 0.1) is 0 Å². The molecule has 0 radical (unpaired) electrons. The lowest BCUT2D eigenvalue weighted by molar-refractivity contribution is 0.183. The summed E-state index contributed by atoms with van der Waals surface area (Å²) in [5, 5.41) is 4.26. The van der Waals surface area contributed by atoms with Gasteiger partial charge >= 0.3 is 0 Å². The number of halogens is 1. The normalized spacial score (nSPS) is 21.0. The van der Waals surface area contributed by atoms with Crippen LogP contribution in [0.5, 0.6) is 0 Å². The molecule has 88 valence electrons. The van der Waals surface area contributed by atoms with Crippen molar-refractivity contribution in [1.82, 2.24) is 5.32 Å². The van der Waals surface area contributed by atoms with Crippen LogP contribution in [0.4, 0.5) is 0 Å². The molecule has 2 rings (SSSR count). The fourth-order valence-electron chi connectivity index (χ4n) is 2.35. The van der Waals surface area contributed by atoms with Crippen LogP contribution in [-0.4, -0.2) is 20.2 Å². The van der Waals surface area contributed by atoms with Crippen molar-refractivity contribution in [1.29, 1.82) is 0 Å². The second-order valence-electron chi connectivity index (χ2n) is 4.32. The fourth-order valence-corrected chi connectivity index (χ4v) is 2.53. The molecule has 1 saturated heterocycles. The van der Waals surface area contributed by atoms with Crippen LogP contribution in [0.3, 0.4) is 0 Å². The highest BCUT2D eigenvalue weighted by molar-refractivity contribution is 6.30. The number of piperidine rings is 1. The van der Waals surface area contributed by atoms with Gasteiger partial charge in [0.05, 0.1) is 6.61 Å². The molecule has 1 aliphatic rings. The van der Waals surface area contributed by atoms with E-state index in [2.05, 4.69) is 17.4 Å². The molecule has 0 amide bonds. The first kappa shape index (κ1) is 11.9. The highest BCUT2D eigenvalue weighted by atomic mass is 35.5. The molecule has 16 heavy (non-hydrogen) atoms. The molecule has 3 heteroatoms. The predicted molar refractivity (Wildman–Crippen MR) is 67.0 cm³/mol. The van der Waals surface area contributed by atoms with Crippen LogP contribution in [-0.2, 0) is 11.3 Å². The van der Waals surface area contributed by atoms with E-state index < -0.39 is 0 Å². The number of hydrogen-bond donors (Lipinski definition) is 1. The summed E-state index contributed by atoms with van der Waals surface area (Å²) in [4.78, 5) is 0. The zero-order valence-corrected chi connectivity index (χ0v) is 10.4. The van der Waals surface area contributed by atoms with Gasteiger partial charge in [-0.25, -0.2) is 0 Å². The van der Waals surface area contributed by atoms with Gasteiger partial charge in [0.1, 0.15) is 0 Å². The van der Waals surface area contributed by atoms with Gasteiger partial charge in [0.15, 0.2) is 0 Å². The standard InChI is InChI=1S/C13H18ClNO/c1-16-9-11-4-5-12(14)7-13(11)10-3-2-6-15-8-10/h4-5,7,10,15H,2-3,6,8-9H2,1H3. The molecule has 1 N–H and O–H groups in total. The molecule has 1 fully saturated rings. The summed E-state index contributed by atoms with van der Waals surface area (Å²) in [7, 11) is 1.73. The van der Waals surface area contributed by atoms with Crippen molar-refractivity contribution in [3.8, 4) is 0 Å². The minimum Gasteiger partial charge on any atom is -0.380 e. The molecule has 0 saturated carbocycles. The Morgan fingerprint density at radius 1 is 1.50 bits per heavy atom. The maximum atomic E-state index is 6.07. The van der Waals surface area contributed by atoms with Crippen molar-refractivity contribution >= 4 is 11.6 Å². The predicted octanol–water partition coefficient (Wildman–Crippen LogP) is 2.95. The molecule has 0 aliphatic carbocycles. The van der Waals surface area contributed by atoms with Gasteiger partial charge in [-0.2, -0.15) is 0 Å². The first-order valence-electron chi connectivity index (χ1n) is 5.79. The summed E-state index contributed by atoms with van der Waals surface area (Å²) in [6.45, 7) is 2.86. The summed E-state index contributed by atoms with van der Waals surface area (Å²) in [6.07, 6.45) is 2.48. The van der Waals surface area contributed by atoms with E-state index in [-0.39, 0.29) is 0 Å². The van der Waals surface area contributed by atoms with Crippen molar-refractivity contribution in [2.75, 3.05) is 20.2 Å². The first-order chi connectivity index (χ1) is 7.81. The highest BCUT2D eigenvalue weighted by Gasteiger charge is 2.18. The number of nitrogens with one attached hydrogen (secondary N) is 1. The van der Waals surface area contributed by atoms with Crippen molar-refractivity contribution in [3.05, 3.63) is 34.3 Å². The topological polar surface area (TPSA) is 21.3 Å². The van der Waals surface area contributed by atoms with E-state index in [1.807, 2.05) is 6.07 Å². The monoisotopic (exact) mass is 239 g/mol. The lowest BCUT2D eigenvalue weighted by atomic mass is 9.88. The summed E-state index contributed by atoms with van der Waals surface area (Å²) >= 11 is 6.07. The van der Waals surface area contributed by atoms with Gasteiger partial charge in [-0.1, -0.05) is 17.7 Å². The van der Waals surface area contributed by atoms with E-state index in [1.165, 1.54) is 24.0 Å². The Kier molecular flexibility index (Phi) is 4.22. The minimum atomic E-state index is 0.581. The summed E-state index contributed by atoms with van der Waals surface area (Å²) in [5.74, 6) is 0.581. The molecule has 0 bridgehead atoms. The van der Waals surface area contributed by atoms with Crippen molar-refractivity contribution < 1.29 is 4.74 Å². The molecular weight excluding hydrogens is 222 g/mol. The zero-order chi connectivity index (χ0) is 11.4. The maximum Gasteiger partial charge on any atom is 0.0715 e. The summed E-state index contributed by atoms with van der Waals surface area (Å²) in [6, 6.07) is 6.11. The maximum absolute atomic E-state index is 6.07. The molecule has 1 atom stereocenters. The Morgan fingerprint density at radius 3 is 3.06 bits per heavy atom. The Labute approximate surface area is 102 Å². The number of methoxy groups -OCH3 is 1. The quantitative estimate of drug-likeness (QED) is 0.876. The molecule has 1 aromatic carbocycles. The van der Waals surface area contributed by atoms with Crippen LogP contribution >= 0.6 is 11.6 Å². The van der Waals surface area contributed by atoms with E-state index in [0.717, 1.165) is 18.1 Å². The molecular formula is C13H18ClNO. The Bertz CT molecular complexity index is 348. The molecule has 1 heterocycles. The average molecular weight is 240 g/mol. The van der Waals surface area contributed by atoms with Gasteiger partial charge in [0, 0.05) is 18.7 Å². The van der Waals surface area contributed by atoms with Gasteiger partial charge in [0.2, 0.25) is 0 Å². The summed E-state index contributed by atoms with van der Waals surface area (Å²) < 4.78 is 5.24. The number of hydrogen-bond acceptors (Lipinski definition) is 2. The van der Waals surface area contributed by atoms with Gasteiger partial charge in [-0.3, -0.25) is 0 Å². The van der Waals surface area contributed by atoms with Gasteiger partial charge in [0.25, 0.3) is 0 Å². The number of benzene rings is 1. The van der Waals surface area contributed by atoms with Crippen molar-refractivity contribution in [2.45, 2.75) is 25.4 Å². The average Bonchev–Trinajstić information content (AvgIpc) is 2.33. The van der Waals surface area contributed by atoms with E-state index in [0.29, 0.717) is 12.5 Å². The molecule has 1 aromatic rings. The van der Waals surface area contributed by atoms with E-state index in [1.54, 1.807) is 7.11 Å². The number of ether oxygens (including phenoxy) is 1. The smallest absolute Gasteiger partial charge is 0.0715 e. The lowest BCUT2D eigenvalue weighted by Gasteiger charge is -2.25. The molecule has 0 aromatic heterocycles. The zero-order valence-electron chi connectivity index (χ0n) is 9.63. The van der Waals surface area contributed by atoms with Crippen LogP contribution in [0.2, 0.25) is 5.02 Å². The van der Waals surface area contributed by atoms with E-state index in [9.17, 15) is 0 Å². The Balaban J connectivity index is 2.24. The largest absolute Gasteiger partial charge is 0.380 e. The second kappa shape index (κ2) is 5.67. The van der Waals surface area contributed by atoms with Crippen LogP contribution in [0.15, 0.2) is 18.2 Å². The molecule has 2 nitrogen and oxygen atoms in total. The molecule has 0 spiro atoms. The molecule has 1 unspecified atom stereocenters.